The summed E-state index contributed by atoms with van der Waals surface area (Å²) in [4.78, 5) is 0. The van der Waals surface area contributed by atoms with Crippen molar-refractivity contribution in [1.82, 2.24) is 0 Å². The summed E-state index contributed by atoms with van der Waals surface area (Å²) in [5, 5.41) is 0. The van der Waals surface area contributed by atoms with E-state index in [9.17, 15) is 0 Å². The zero-order valence-corrected chi connectivity index (χ0v) is 11.2. The zero-order valence-electron chi connectivity index (χ0n) is 11.2. The van der Waals surface area contributed by atoms with Gasteiger partial charge in [0.25, 0.3) is 0 Å². The number of hydrogen-bond donors (Lipinski definition) is 0. The van der Waals surface area contributed by atoms with Crippen LogP contribution in [0.4, 0.5) is 0 Å². The molecule has 0 heterocycles. The fourth-order valence-electron chi connectivity index (χ4n) is 1.32. The third kappa shape index (κ3) is 8.12. The average Bonchev–Trinajstić information content (AvgIpc) is 2.44. The number of benzene rings is 2. The van der Waals surface area contributed by atoms with Crippen LogP contribution >= 0.6 is 0 Å². The van der Waals surface area contributed by atoms with Crippen LogP contribution in [0.25, 0.3) is 0 Å². The van der Waals surface area contributed by atoms with Gasteiger partial charge in [0.2, 0.25) is 0 Å². The Kier molecular flexibility index (Phi) is 10.1. The van der Waals surface area contributed by atoms with Crippen molar-refractivity contribution in [3.8, 4) is 0 Å². The lowest BCUT2D eigenvalue weighted by Crippen LogP contribution is -1.75. The molecule has 18 heavy (non-hydrogen) atoms. The lowest BCUT2D eigenvalue weighted by Gasteiger charge is -1.91. The fourth-order valence-corrected chi connectivity index (χ4v) is 1.32. The predicted octanol–water partition coefficient (Wildman–Crippen LogP) is 5.21. The minimum atomic E-state index is 0.973. The van der Waals surface area contributed by atoms with Crippen LogP contribution in [0.3, 0.4) is 0 Å². The van der Waals surface area contributed by atoms with Crippen LogP contribution in [0, 0.1) is 6.92 Å². The van der Waals surface area contributed by atoms with Crippen molar-refractivity contribution < 1.29 is 0 Å². The molecule has 94 valence electrons. The maximum absolute atomic E-state index is 3.66. The molecule has 0 N–H and O–H groups in total. The Morgan fingerprint density at radius 3 is 1.61 bits per heavy atom. The van der Waals surface area contributed by atoms with Gasteiger partial charge < -0.3 is 0 Å². The van der Waals surface area contributed by atoms with Gasteiger partial charge in [-0.15, -0.1) is 19.7 Å². The molecule has 0 saturated carbocycles. The Hall–Kier alpha value is -2.08. The molecule has 0 heteroatoms. The first-order valence-electron chi connectivity index (χ1n) is 5.99. The molecule has 0 nitrogen and oxygen atoms in total. The molecule has 2 rings (SSSR count). The van der Waals surface area contributed by atoms with Gasteiger partial charge in [0.15, 0.2) is 0 Å². The summed E-state index contributed by atoms with van der Waals surface area (Å²) in [6.45, 7) is 11.7. The van der Waals surface area contributed by atoms with E-state index < -0.39 is 0 Å². The van der Waals surface area contributed by atoms with Crippen molar-refractivity contribution in [2.24, 2.45) is 0 Å². The highest BCUT2D eigenvalue weighted by molar-refractivity contribution is 5.16. The summed E-state index contributed by atoms with van der Waals surface area (Å²) in [7, 11) is 0. The lowest BCUT2D eigenvalue weighted by molar-refractivity contribution is 1.28. The van der Waals surface area contributed by atoms with Crippen LogP contribution < -0.4 is 0 Å². The molecule has 0 aromatic heterocycles. The van der Waals surface area contributed by atoms with E-state index in [0.29, 0.717) is 0 Å². The van der Waals surface area contributed by atoms with Gasteiger partial charge in [-0.25, -0.2) is 0 Å². The molecule has 0 bridgehead atoms. The van der Waals surface area contributed by atoms with Crippen LogP contribution in [0.1, 0.15) is 11.1 Å². The summed E-state index contributed by atoms with van der Waals surface area (Å²) >= 11 is 0. The summed E-state index contributed by atoms with van der Waals surface area (Å²) in [6.07, 6.45) is 2.89. The van der Waals surface area contributed by atoms with Gasteiger partial charge in [-0.2, -0.15) is 0 Å². The monoisotopic (exact) mass is 238 g/mol. The van der Waals surface area contributed by atoms with Crippen LogP contribution in [0.5, 0.6) is 0 Å². The average molecular weight is 238 g/mol. The predicted molar refractivity (Wildman–Crippen MR) is 82.8 cm³/mol. The minimum Gasteiger partial charge on any atom is -0.106 e. The second-order valence-electron chi connectivity index (χ2n) is 3.63. The van der Waals surface area contributed by atoms with Gasteiger partial charge in [-0.3, -0.25) is 0 Å². The first-order chi connectivity index (χ1) is 8.83. The first-order valence-corrected chi connectivity index (χ1v) is 5.99. The van der Waals surface area contributed by atoms with Crippen molar-refractivity contribution in [3.63, 3.8) is 0 Å². The number of rotatable bonds is 2. The maximum Gasteiger partial charge on any atom is -0.0100 e. The fraction of sp³-hybridized carbons (Fsp3) is 0.111. The van der Waals surface area contributed by atoms with E-state index in [2.05, 4.69) is 50.9 Å². The molecule has 0 fully saturated rings. The van der Waals surface area contributed by atoms with E-state index in [-0.39, 0.29) is 0 Å². The summed E-state index contributed by atoms with van der Waals surface area (Å²) in [6, 6.07) is 20.6. The van der Waals surface area contributed by atoms with Gasteiger partial charge in [-0.05, 0) is 18.9 Å². The molecule has 2 aromatic rings. The molecule has 2 aromatic carbocycles. The molecule has 0 aliphatic rings. The molecule has 0 spiro atoms. The highest BCUT2D eigenvalue weighted by Crippen LogP contribution is 1.98. The Balaban J connectivity index is 0.000000289. The third-order valence-electron chi connectivity index (χ3n) is 2.16. The number of aryl methyl sites for hydroxylation is 1. The van der Waals surface area contributed by atoms with E-state index in [0.717, 1.165) is 6.42 Å². The molecule has 0 aliphatic heterocycles. The Bertz CT molecular complexity index is 401. The Morgan fingerprint density at radius 2 is 1.28 bits per heavy atom. The first kappa shape index (κ1) is 15.9. The molecule has 0 atom stereocenters. The van der Waals surface area contributed by atoms with Gasteiger partial charge in [-0.1, -0.05) is 72.3 Å². The number of allylic oxidation sites excluding steroid dienone is 1. The molecule has 0 radical (unpaired) electrons. The standard InChI is InChI=1S/C9H10.C7H8.C2H4/c1-2-6-9-7-4-3-5-8-9;1-7-5-3-2-4-6-7;1-2/h2-5,7-8H,1,6H2;2-6H,1H3;1-2H2. The molecule has 0 aliphatic carbocycles. The van der Waals surface area contributed by atoms with Gasteiger partial charge in [0.1, 0.15) is 0 Å². The largest absolute Gasteiger partial charge is 0.106 e. The van der Waals surface area contributed by atoms with Crippen LogP contribution in [-0.2, 0) is 6.42 Å². The van der Waals surface area contributed by atoms with Crippen molar-refractivity contribution in [3.05, 3.63) is 97.6 Å². The number of hydrogen-bond acceptors (Lipinski definition) is 0. The van der Waals surface area contributed by atoms with Crippen LogP contribution in [0.2, 0.25) is 0 Å². The molecular formula is C18H22. The summed E-state index contributed by atoms with van der Waals surface area (Å²) in [5.74, 6) is 0. The second kappa shape index (κ2) is 11.4. The van der Waals surface area contributed by atoms with E-state index in [4.69, 9.17) is 0 Å². The van der Waals surface area contributed by atoms with E-state index >= 15 is 0 Å². The molecule has 0 saturated heterocycles. The summed E-state index contributed by atoms with van der Waals surface area (Å²) in [5.41, 5.74) is 2.65. The van der Waals surface area contributed by atoms with Crippen LogP contribution in [0.15, 0.2) is 86.5 Å². The van der Waals surface area contributed by atoms with E-state index in [1.54, 1.807) is 0 Å². The van der Waals surface area contributed by atoms with Crippen molar-refractivity contribution >= 4 is 0 Å². The quantitative estimate of drug-likeness (QED) is 0.630. The third-order valence-corrected chi connectivity index (χ3v) is 2.16. The van der Waals surface area contributed by atoms with Crippen molar-refractivity contribution in [2.45, 2.75) is 13.3 Å². The van der Waals surface area contributed by atoms with Crippen molar-refractivity contribution in [1.29, 1.82) is 0 Å². The van der Waals surface area contributed by atoms with Gasteiger partial charge >= 0.3 is 0 Å². The van der Waals surface area contributed by atoms with Gasteiger partial charge in [0, 0.05) is 0 Å². The van der Waals surface area contributed by atoms with Crippen molar-refractivity contribution in [2.75, 3.05) is 0 Å². The minimum absolute atomic E-state index is 0.973. The zero-order chi connectivity index (χ0) is 13.6. The topological polar surface area (TPSA) is 0 Å². The molecular weight excluding hydrogens is 216 g/mol. The van der Waals surface area contributed by atoms with Gasteiger partial charge in [0.05, 0.1) is 0 Å². The normalized spacial score (nSPS) is 8.06. The molecule has 0 amide bonds. The second-order valence-corrected chi connectivity index (χ2v) is 3.63. The van der Waals surface area contributed by atoms with Crippen LogP contribution in [-0.4, -0.2) is 0 Å². The highest BCUT2D eigenvalue weighted by atomic mass is 13.9. The van der Waals surface area contributed by atoms with E-state index in [1.165, 1.54) is 11.1 Å². The summed E-state index contributed by atoms with van der Waals surface area (Å²) < 4.78 is 0. The highest BCUT2D eigenvalue weighted by Gasteiger charge is 1.82. The maximum atomic E-state index is 3.66. The Labute approximate surface area is 111 Å². The Morgan fingerprint density at radius 1 is 0.833 bits per heavy atom. The lowest BCUT2D eigenvalue weighted by atomic mass is 10.2. The molecule has 0 unspecified atom stereocenters. The SMILES string of the molecule is C=C.C=CCc1ccccc1.Cc1ccccc1. The van der Waals surface area contributed by atoms with E-state index in [1.807, 2.05) is 42.5 Å². The smallest absolute Gasteiger partial charge is 0.0100 e.